The van der Waals surface area contributed by atoms with Gasteiger partial charge < -0.3 is 14.9 Å². The van der Waals surface area contributed by atoms with Crippen LogP contribution in [0.2, 0.25) is 0 Å². The van der Waals surface area contributed by atoms with E-state index >= 15 is 0 Å². The maximum absolute atomic E-state index is 14.4. The predicted octanol–water partition coefficient (Wildman–Crippen LogP) is 7.06. The summed E-state index contributed by atoms with van der Waals surface area (Å²) in [5.41, 5.74) is 2.53. The van der Waals surface area contributed by atoms with Crippen LogP contribution in [0.3, 0.4) is 0 Å². The van der Waals surface area contributed by atoms with E-state index in [1.165, 1.54) is 11.7 Å². The topological polar surface area (TPSA) is 94.8 Å². The van der Waals surface area contributed by atoms with Crippen molar-refractivity contribution in [3.8, 4) is 28.0 Å². The number of amidine groups is 1. The van der Waals surface area contributed by atoms with E-state index in [2.05, 4.69) is 15.5 Å². The van der Waals surface area contributed by atoms with Gasteiger partial charge in [-0.2, -0.15) is 0 Å². The molecule has 0 aliphatic rings. The molecule has 1 aromatic heterocycles. The van der Waals surface area contributed by atoms with Crippen molar-refractivity contribution in [3.05, 3.63) is 105 Å². The Morgan fingerprint density at radius 2 is 1.78 bits per heavy atom. The van der Waals surface area contributed by atoms with Gasteiger partial charge in [-0.25, -0.2) is 13.8 Å². The number of hydrogen-bond acceptors (Lipinski definition) is 6. The fourth-order valence-corrected chi connectivity index (χ4v) is 5.15. The normalized spacial score (nSPS) is 11.9. The smallest absolute Gasteiger partial charge is 0.281 e. The third-order valence-corrected chi connectivity index (χ3v) is 7.01. The van der Waals surface area contributed by atoms with E-state index in [-0.39, 0.29) is 17.9 Å². The van der Waals surface area contributed by atoms with Crippen LogP contribution in [-0.2, 0) is 22.6 Å². The summed E-state index contributed by atoms with van der Waals surface area (Å²) < 4.78 is 36.3. The molecule has 1 heterocycles. The first kappa shape index (κ1) is 33.0. The van der Waals surface area contributed by atoms with Crippen LogP contribution in [0.5, 0.6) is 5.75 Å². The van der Waals surface area contributed by atoms with Crippen LogP contribution < -0.4 is 15.6 Å². The summed E-state index contributed by atoms with van der Waals surface area (Å²) in [6.07, 6.45) is -1.41. The Bertz CT molecular complexity index is 1740. The van der Waals surface area contributed by atoms with Crippen molar-refractivity contribution in [1.82, 2.24) is 14.9 Å². The van der Waals surface area contributed by atoms with Gasteiger partial charge in [-0.15, -0.1) is 0 Å². The monoisotopic (exact) mass is 616 g/mol. The molecule has 0 spiro atoms. The number of nitrogens with zero attached hydrogens (tertiary/aromatic N) is 3. The van der Waals surface area contributed by atoms with Gasteiger partial charge in [0, 0.05) is 12.0 Å². The van der Waals surface area contributed by atoms with Crippen molar-refractivity contribution < 1.29 is 23.1 Å². The Hall–Kier alpha value is -4.86. The molecule has 10 heteroatoms. The molecule has 8 nitrogen and oxygen atoms in total. The first-order valence-electron chi connectivity index (χ1n) is 14.7. The predicted molar refractivity (Wildman–Crippen MR) is 172 cm³/mol. The number of nitrogens with one attached hydrogen (secondary N) is 1. The third-order valence-electron chi connectivity index (χ3n) is 7.01. The fraction of sp³-hybridized carbons (Fsp3) is 0.314. The lowest BCUT2D eigenvalue weighted by atomic mass is 9.97. The maximum Gasteiger partial charge on any atom is 0.281 e. The molecule has 3 aromatic carbocycles. The molecule has 236 valence electrons. The Kier molecular flexibility index (Phi) is 10.5. The highest BCUT2D eigenvalue weighted by molar-refractivity contribution is 6.08. The molecule has 0 unspecified atom stereocenters. The zero-order valence-electron chi connectivity index (χ0n) is 26.4. The van der Waals surface area contributed by atoms with Crippen LogP contribution in [0.1, 0.15) is 68.7 Å². The van der Waals surface area contributed by atoms with Crippen molar-refractivity contribution in [1.29, 1.82) is 0 Å². The van der Waals surface area contributed by atoms with Crippen molar-refractivity contribution in [2.75, 3.05) is 7.11 Å². The molecule has 1 N–H and O–H groups in total. The molecule has 0 aliphatic heterocycles. The number of aryl methyl sites for hydroxylation is 2. The Labute approximate surface area is 261 Å². The summed E-state index contributed by atoms with van der Waals surface area (Å²) in [4.78, 5) is 34.5. The zero-order chi connectivity index (χ0) is 32.7. The lowest BCUT2D eigenvalue weighted by Crippen LogP contribution is -2.29. The van der Waals surface area contributed by atoms with E-state index in [0.29, 0.717) is 47.5 Å². The van der Waals surface area contributed by atoms with Crippen LogP contribution in [0.4, 0.5) is 8.78 Å². The third kappa shape index (κ3) is 7.81. The number of halogens is 2. The second-order valence-electron chi connectivity index (χ2n) is 11.5. The van der Waals surface area contributed by atoms with Crippen LogP contribution in [-0.4, -0.2) is 34.5 Å². The fourth-order valence-electron chi connectivity index (χ4n) is 5.15. The number of ether oxygens (including phenoxy) is 1. The summed E-state index contributed by atoms with van der Waals surface area (Å²) in [5.74, 6) is 1.15. The summed E-state index contributed by atoms with van der Waals surface area (Å²) in [6, 6.07) is 20.0. The lowest BCUT2D eigenvalue weighted by Gasteiger charge is -2.22. The van der Waals surface area contributed by atoms with Gasteiger partial charge >= 0.3 is 0 Å². The number of rotatable bonds is 11. The molecule has 0 radical (unpaired) electrons. The highest BCUT2D eigenvalue weighted by atomic mass is 19.3. The highest BCUT2D eigenvalue weighted by Crippen LogP contribution is 2.33. The number of aromatic nitrogens is 2. The molecule has 4 rings (SSSR count). The first-order chi connectivity index (χ1) is 21.5. The Morgan fingerprint density at radius 1 is 1.07 bits per heavy atom. The Balaban J connectivity index is 1.78. The largest absolute Gasteiger partial charge is 0.488 e. The molecule has 45 heavy (non-hydrogen) atoms. The first-order valence-corrected chi connectivity index (χ1v) is 14.7. The molecule has 0 saturated heterocycles. The Morgan fingerprint density at radius 3 is 2.38 bits per heavy atom. The van der Waals surface area contributed by atoms with E-state index in [4.69, 9.17) is 9.57 Å². The summed E-state index contributed by atoms with van der Waals surface area (Å²) in [6.45, 7) is 9.59. The minimum atomic E-state index is -2.93. The number of carbonyl (C=O) groups is 1. The van der Waals surface area contributed by atoms with Crippen LogP contribution >= 0.6 is 0 Å². The van der Waals surface area contributed by atoms with Crippen LogP contribution in [0.15, 0.2) is 76.7 Å². The van der Waals surface area contributed by atoms with E-state index < -0.39 is 23.3 Å². The van der Waals surface area contributed by atoms with Gasteiger partial charge in [0.15, 0.2) is 5.84 Å². The zero-order valence-corrected chi connectivity index (χ0v) is 26.4. The molecule has 1 amide bonds. The molecular formula is C35H38F2N4O4. The summed E-state index contributed by atoms with van der Waals surface area (Å²) >= 11 is 0. The lowest BCUT2D eigenvalue weighted by molar-refractivity contribution is -0.108. The van der Waals surface area contributed by atoms with Gasteiger partial charge in [0.25, 0.3) is 12.0 Å². The van der Waals surface area contributed by atoms with Gasteiger partial charge in [0.1, 0.15) is 30.0 Å². The van der Waals surface area contributed by atoms with E-state index in [9.17, 15) is 18.4 Å². The highest BCUT2D eigenvalue weighted by Gasteiger charge is 2.25. The van der Waals surface area contributed by atoms with Gasteiger partial charge in [0.2, 0.25) is 6.41 Å². The quantitative estimate of drug-likeness (QED) is 0.0843. The van der Waals surface area contributed by atoms with Gasteiger partial charge in [-0.05, 0) is 74.1 Å². The molecule has 0 atom stereocenters. The second kappa shape index (κ2) is 14.3. The average molecular weight is 617 g/mol. The molecular weight excluding hydrogens is 578 g/mol. The van der Waals surface area contributed by atoms with Crippen molar-refractivity contribution >= 4 is 12.2 Å². The number of oxime groups is 1. The maximum atomic E-state index is 14.4. The van der Waals surface area contributed by atoms with E-state index in [1.807, 2.05) is 76.2 Å². The number of amides is 1. The second-order valence-corrected chi connectivity index (χ2v) is 11.5. The standard InChI is InChI=1S/C35H38F2N4O4/c1-7-10-29-39-31(32(36)37)30(26-18-17-25(19-22(26)2)45-35(3,4)5)34(43)41(29)20-23-13-15-24(16-14-23)27-11-8-9-12-28(27)33(38-21-42)40-44-6/h8-9,11-19,21,32H,7,10,20H2,1-6H3,(H,38,40,42). The van der Waals surface area contributed by atoms with E-state index in [1.54, 1.807) is 25.1 Å². The molecule has 0 fully saturated rings. The van der Waals surface area contributed by atoms with Gasteiger partial charge in [-0.1, -0.05) is 66.7 Å². The molecule has 0 aliphatic carbocycles. The minimum Gasteiger partial charge on any atom is -0.488 e. The molecule has 0 bridgehead atoms. The van der Waals surface area contributed by atoms with Crippen molar-refractivity contribution in [2.45, 2.75) is 66.0 Å². The van der Waals surface area contributed by atoms with E-state index in [0.717, 1.165) is 16.7 Å². The number of benzene rings is 3. The van der Waals surface area contributed by atoms with Gasteiger partial charge in [0.05, 0.1) is 12.1 Å². The minimum absolute atomic E-state index is 0.108. The van der Waals surface area contributed by atoms with Crippen molar-refractivity contribution in [2.24, 2.45) is 5.16 Å². The average Bonchev–Trinajstić information content (AvgIpc) is 2.99. The van der Waals surface area contributed by atoms with Crippen molar-refractivity contribution in [3.63, 3.8) is 0 Å². The number of hydrogen-bond donors (Lipinski definition) is 1. The molecule has 0 saturated carbocycles. The number of alkyl halides is 2. The molecule has 4 aromatic rings. The SMILES string of the molecule is CCCc1nc(C(F)F)c(-c2ccc(OC(C)(C)C)cc2C)c(=O)n1Cc1ccc(-c2ccccc2/C(=N/OC)NC=O)cc1. The van der Waals surface area contributed by atoms with Crippen LogP contribution in [0, 0.1) is 6.92 Å². The van der Waals surface area contributed by atoms with Crippen LogP contribution in [0.25, 0.3) is 22.3 Å². The summed E-state index contributed by atoms with van der Waals surface area (Å²) in [5, 5.41) is 6.49. The number of carbonyl (C=O) groups excluding carboxylic acids is 1. The summed E-state index contributed by atoms with van der Waals surface area (Å²) in [7, 11) is 1.39. The van der Waals surface area contributed by atoms with Gasteiger partial charge in [-0.3, -0.25) is 14.2 Å².